The molecule has 18 heavy (non-hydrogen) atoms. The molecule has 0 aliphatic heterocycles. The highest BCUT2D eigenvalue weighted by atomic mass is 19.2. The first kappa shape index (κ1) is 11.3. The Balaban J connectivity index is 2.51. The van der Waals surface area contributed by atoms with Crippen LogP contribution < -0.4 is 11.3 Å². The van der Waals surface area contributed by atoms with Gasteiger partial charge in [-0.15, -0.1) is 0 Å². The van der Waals surface area contributed by atoms with Crippen LogP contribution >= 0.6 is 0 Å². The number of nitrogens with one attached hydrogen (secondary N) is 1. The lowest BCUT2D eigenvalue weighted by Gasteiger charge is -2.12. The molecular formula is C12H10F3N3. The summed E-state index contributed by atoms with van der Waals surface area (Å²) in [6.45, 7) is 0. The maximum atomic E-state index is 13.8. The molecule has 0 fully saturated rings. The van der Waals surface area contributed by atoms with E-state index in [1.165, 1.54) is 0 Å². The minimum atomic E-state index is -1.24. The molecule has 1 aromatic carbocycles. The van der Waals surface area contributed by atoms with E-state index < -0.39 is 17.5 Å². The molecule has 1 aliphatic rings. The first-order chi connectivity index (χ1) is 8.63. The fourth-order valence-corrected chi connectivity index (χ4v) is 2.49. The molecule has 94 valence electrons. The molecule has 0 spiro atoms. The van der Waals surface area contributed by atoms with Crippen molar-refractivity contribution < 1.29 is 13.2 Å². The molecule has 0 amide bonds. The third-order valence-electron chi connectivity index (χ3n) is 3.28. The number of aryl methyl sites for hydroxylation is 1. The van der Waals surface area contributed by atoms with Gasteiger partial charge in [-0.1, -0.05) is 0 Å². The average Bonchev–Trinajstić information content (AvgIpc) is 2.81. The number of hydrogen-bond donors (Lipinski definition) is 2. The minimum Gasteiger partial charge on any atom is -0.323 e. The average molecular weight is 253 g/mol. The van der Waals surface area contributed by atoms with Crippen LogP contribution in [0.25, 0.3) is 10.9 Å². The number of anilines is 1. The number of pyridine rings is 1. The Kier molecular flexibility index (Phi) is 2.41. The summed E-state index contributed by atoms with van der Waals surface area (Å²) in [5.41, 5.74) is 3.85. The molecule has 0 saturated carbocycles. The van der Waals surface area contributed by atoms with Crippen molar-refractivity contribution in [1.29, 1.82) is 0 Å². The third-order valence-corrected chi connectivity index (χ3v) is 3.28. The van der Waals surface area contributed by atoms with Crippen LogP contribution in [-0.2, 0) is 12.8 Å². The van der Waals surface area contributed by atoms with Gasteiger partial charge in [0.1, 0.15) is 5.52 Å². The maximum Gasteiger partial charge on any atom is 0.170 e. The minimum absolute atomic E-state index is 0.178. The number of rotatable bonds is 1. The number of nitrogens with zero attached hydrogens (tertiary/aromatic N) is 1. The van der Waals surface area contributed by atoms with Gasteiger partial charge in [0.25, 0.3) is 0 Å². The number of nitrogen functional groups attached to an aromatic ring is 1. The predicted molar refractivity (Wildman–Crippen MR) is 61.5 cm³/mol. The normalized spacial score (nSPS) is 14.0. The Morgan fingerprint density at radius 2 is 1.94 bits per heavy atom. The number of benzene rings is 1. The van der Waals surface area contributed by atoms with Crippen LogP contribution in [0.4, 0.5) is 18.9 Å². The lowest BCUT2D eigenvalue weighted by molar-refractivity contribution is 0.505. The Morgan fingerprint density at radius 1 is 1.17 bits per heavy atom. The third kappa shape index (κ3) is 1.38. The zero-order chi connectivity index (χ0) is 12.9. The van der Waals surface area contributed by atoms with Crippen LogP contribution in [-0.4, -0.2) is 4.98 Å². The van der Waals surface area contributed by atoms with E-state index in [1.54, 1.807) is 0 Å². The van der Waals surface area contributed by atoms with Crippen LogP contribution in [0.15, 0.2) is 6.07 Å². The van der Waals surface area contributed by atoms with E-state index in [9.17, 15) is 13.2 Å². The van der Waals surface area contributed by atoms with E-state index >= 15 is 0 Å². The van der Waals surface area contributed by atoms with Crippen molar-refractivity contribution in [2.75, 3.05) is 5.43 Å². The van der Waals surface area contributed by atoms with E-state index in [4.69, 9.17) is 5.84 Å². The zero-order valence-electron chi connectivity index (χ0n) is 9.36. The van der Waals surface area contributed by atoms with Crippen LogP contribution in [0.3, 0.4) is 0 Å². The van der Waals surface area contributed by atoms with Crippen molar-refractivity contribution in [3.63, 3.8) is 0 Å². The lowest BCUT2D eigenvalue weighted by atomic mass is 10.1. The van der Waals surface area contributed by atoms with E-state index in [2.05, 4.69) is 10.4 Å². The van der Waals surface area contributed by atoms with Crippen molar-refractivity contribution in [3.05, 3.63) is 34.8 Å². The standard InChI is InChI=1S/C12H10F3N3/c13-6-4-7(14)12-9(10(6)15)11(18-16)5-2-1-3-8(5)17-12/h4H,1-3,16H2,(H,17,18). The maximum absolute atomic E-state index is 13.8. The molecule has 3 N–H and O–H groups in total. The largest absolute Gasteiger partial charge is 0.323 e. The molecule has 0 atom stereocenters. The molecular weight excluding hydrogens is 243 g/mol. The van der Waals surface area contributed by atoms with Crippen LogP contribution in [0.5, 0.6) is 0 Å². The number of fused-ring (bicyclic) bond motifs is 2. The second kappa shape index (κ2) is 3.84. The second-order valence-electron chi connectivity index (χ2n) is 4.29. The molecule has 0 unspecified atom stereocenters. The number of halogens is 3. The highest BCUT2D eigenvalue weighted by Gasteiger charge is 2.24. The van der Waals surface area contributed by atoms with Crippen LogP contribution in [0.1, 0.15) is 17.7 Å². The first-order valence-corrected chi connectivity index (χ1v) is 5.59. The van der Waals surface area contributed by atoms with Gasteiger partial charge in [0.05, 0.1) is 11.1 Å². The van der Waals surface area contributed by atoms with Gasteiger partial charge in [-0.3, -0.25) is 5.84 Å². The van der Waals surface area contributed by atoms with Crippen molar-refractivity contribution in [3.8, 4) is 0 Å². The van der Waals surface area contributed by atoms with Gasteiger partial charge in [0.2, 0.25) is 0 Å². The Labute approximate surface area is 101 Å². The van der Waals surface area contributed by atoms with E-state index in [0.29, 0.717) is 24.6 Å². The molecule has 0 radical (unpaired) electrons. The fraction of sp³-hybridized carbons (Fsp3) is 0.250. The summed E-state index contributed by atoms with van der Waals surface area (Å²) in [6, 6.07) is 0.506. The molecule has 0 saturated heterocycles. The summed E-state index contributed by atoms with van der Waals surface area (Å²) in [5.74, 6) is 2.13. The smallest absolute Gasteiger partial charge is 0.170 e. The van der Waals surface area contributed by atoms with Gasteiger partial charge in [0, 0.05) is 11.8 Å². The van der Waals surface area contributed by atoms with Gasteiger partial charge in [-0.25, -0.2) is 18.2 Å². The number of hydrogen-bond acceptors (Lipinski definition) is 3. The highest BCUT2D eigenvalue weighted by molar-refractivity contribution is 5.94. The molecule has 1 aromatic heterocycles. The van der Waals surface area contributed by atoms with Gasteiger partial charge in [0.15, 0.2) is 17.5 Å². The van der Waals surface area contributed by atoms with E-state index in [1.807, 2.05) is 0 Å². The lowest BCUT2D eigenvalue weighted by Crippen LogP contribution is -2.12. The van der Waals surface area contributed by atoms with Gasteiger partial charge in [-0.2, -0.15) is 0 Å². The summed E-state index contributed by atoms with van der Waals surface area (Å²) in [5, 5.41) is -0.212. The quantitative estimate of drug-likeness (QED) is 0.466. The summed E-state index contributed by atoms with van der Waals surface area (Å²) < 4.78 is 40.8. The summed E-state index contributed by atoms with van der Waals surface area (Å²) in [4.78, 5) is 4.09. The Bertz CT molecular complexity index is 655. The fourth-order valence-electron chi connectivity index (χ4n) is 2.49. The van der Waals surface area contributed by atoms with Gasteiger partial charge < -0.3 is 5.43 Å². The molecule has 6 heteroatoms. The van der Waals surface area contributed by atoms with Crippen molar-refractivity contribution in [1.82, 2.24) is 4.98 Å². The second-order valence-corrected chi connectivity index (χ2v) is 4.29. The number of aromatic nitrogens is 1. The summed E-state index contributed by atoms with van der Waals surface area (Å²) in [6.07, 6.45) is 2.22. The Morgan fingerprint density at radius 3 is 2.67 bits per heavy atom. The van der Waals surface area contributed by atoms with Crippen molar-refractivity contribution in [2.45, 2.75) is 19.3 Å². The number of hydrazine groups is 1. The predicted octanol–water partition coefficient (Wildman–Crippen LogP) is 2.43. The summed E-state index contributed by atoms with van der Waals surface area (Å²) >= 11 is 0. The highest BCUT2D eigenvalue weighted by Crippen LogP contribution is 2.36. The summed E-state index contributed by atoms with van der Waals surface area (Å²) in [7, 11) is 0. The van der Waals surface area contributed by atoms with Crippen molar-refractivity contribution in [2.24, 2.45) is 5.84 Å². The molecule has 0 bridgehead atoms. The monoisotopic (exact) mass is 253 g/mol. The number of nitrogens with two attached hydrogens (primary N) is 1. The zero-order valence-corrected chi connectivity index (χ0v) is 9.36. The van der Waals surface area contributed by atoms with E-state index in [-0.39, 0.29) is 16.6 Å². The molecule has 1 aliphatic carbocycles. The SMILES string of the molecule is NNc1c2c(nc3c(F)cc(F)c(F)c13)CCC2. The van der Waals surface area contributed by atoms with E-state index in [0.717, 1.165) is 12.0 Å². The van der Waals surface area contributed by atoms with Gasteiger partial charge in [-0.05, 0) is 24.8 Å². The van der Waals surface area contributed by atoms with Gasteiger partial charge >= 0.3 is 0 Å². The van der Waals surface area contributed by atoms with Crippen molar-refractivity contribution >= 4 is 16.6 Å². The topological polar surface area (TPSA) is 50.9 Å². The molecule has 2 aromatic rings. The molecule has 1 heterocycles. The van der Waals surface area contributed by atoms with Crippen LogP contribution in [0.2, 0.25) is 0 Å². The molecule has 3 nitrogen and oxygen atoms in total. The first-order valence-electron chi connectivity index (χ1n) is 5.59. The molecule has 3 rings (SSSR count). The Hall–Kier alpha value is -1.82. The van der Waals surface area contributed by atoms with Crippen LogP contribution in [0, 0.1) is 17.5 Å².